The van der Waals surface area contributed by atoms with E-state index in [0.717, 1.165) is 0 Å². The molecule has 0 aromatic carbocycles. The molecular formula is C11H15N3O7. The number of carbonyl (C=O) groups is 5. The Kier molecular flexibility index (Phi) is 4.51. The number of nitrogens with one attached hydrogen (secondary N) is 1. The number of carboxylic acids is 2. The summed E-state index contributed by atoms with van der Waals surface area (Å²) in [4.78, 5) is 57.8. The Labute approximate surface area is 119 Å². The summed E-state index contributed by atoms with van der Waals surface area (Å²) in [5.41, 5.74) is -1.16. The number of hydrogen-bond donors (Lipinski definition) is 3. The van der Waals surface area contributed by atoms with Gasteiger partial charge in [-0.3, -0.25) is 24.1 Å². The van der Waals surface area contributed by atoms with Crippen LogP contribution in [-0.2, 0) is 19.2 Å². The lowest BCUT2D eigenvalue weighted by atomic mass is 10.1. The van der Waals surface area contributed by atoms with Crippen LogP contribution in [0.5, 0.6) is 0 Å². The molecular weight excluding hydrogens is 286 g/mol. The molecule has 10 nitrogen and oxygen atoms in total. The van der Waals surface area contributed by atoms with E-state index < -0.39 is 55.0 Å². The molecule has 3 N–H and O–H groups in total. The quantitative estimate of drug-likeness (QED) is 0.496. The van der Waals surface area contributed by atoms with Gasteiger partial charge in [-0.15, -0.1) is 0 Å². The molecule has 0 aliphatic carbocycles. The monoisotopic (exact) mass is 301 g/mol. The van der Waals surface area contributed by atoms with Gasteiger partial charge in [0.15, 0.2) is 0 Å². The van der Waals surface area contributed by atoms with Gasteiger partial charge < -0.3 is 20.4 Å². The average Bonchev–Trinajstić information content (AvgIpc) is 2.49. The van der Waals surface area contributed by atoms with E-state index in [1.54, 1.807) is 0 Å². The predicted molar refractivity (Wildman–Crippen MR) is 66.2 cm³/mol. The van der Waals surface area contributed by atoms with Gasteiger partial charge in [-0.1, -0.05) is 0 Å². The van der Waals surface area contributed by atoms with Crippen LogP contribution in [0, 0.1) is 0 Å². The summed E-state index contributed by atoms with van der Waals surface area (Å²) < 4.78 is 0. The number of amides is 4. The molecule has 1 saturated heterocycles. The van der Waals surface area contributed by atoms with Crippen LogP contribution in [0.25, 0.3) is 0 Å². The number of hydrogen-bond acceptors (Lipinski definition) is 5. The number of carboxylic acid groups (broad SMARTS) is 2. The minimum Gasteiger partial charge on any atom is -0.480 e. The van der Waals surface area contributed by atoms with E-state index in [0.29, 0.717) is 9.80 Å². The van der Waals surface area contributed by atoms with Crippen LogP contribution in [0.1, 0.15) is 13.8 Å². The van der Waals surface area contributed by atoms with Crippen molar-refractivity contribution in [3.63, 3.8) is 0 Å². The van der Waals surface area contributed by atoms with Crippen molar-refractivity contribution in [2.24, 2.45) is 0 Å². The topological polar surface area (TPSA) is 144 Å². The van der Waals surface area contributed by atoms with Gasteiger partial charge in [-0.2, -0.15) is 0 Å². The molecule has 21 heavy (non-hydrogen) atoms. The number of imide groups is 1. The molecule has 0 saturated carbocycles. The Morgan fingerprint density at radius 1 is 1.14 bits per heavy atom. The van der Waals surface area contributed by atoms with Gasteiger partial charge in [0, 0.05) is 0 Å². The summed E-state index contributed by atoms with van der Waals surface area (Å²) >= 11 is 0. The first-order valence-electron chi connectivity index (χ1n) is 5.90. The van der Waals surface area contributed by atoms with Crippen molar-refractivity contribution < 1.29 is 34.2 Å². The molecule has 116 valence electrons. The van der Waals surface area contributed by atoms with Crippen LogP contribution in [0.3, 0.4) is 0 Å². The van der Waals surface area contributed by atoms with E-state index in [-0.39, 0.29) is 0 Å². The van der Waals surface area contributed by atoms with E-state index in [2.05, 4.69) is 5.32 Å². The largest absolute Gasteiger partial charge is 0.480 e. The number of urea groups is 1. The second-order valence-electron chi connectivity index (χ2n) is 4.98. The van der Waals surface area contributed by atoms with Crippen LogP contribution in [0.4, 0.5) is 4.79 Å². The lowest BCUT2D eigenvalue weighted by Crippen LogP contribution is -2.47. The van der Waals surface area contributed by atoms with Crippen LogP contribution < -0.4 is 5.32 Å². The molecule has 0 aromatic rings. The number of aliphatic carboxylic acids is 2. The first-order chi connectivity index (χ1) is 9.54. The van der Waals surface area contributed by atoms with Crippen molar-refractivity contribution in [2.75, 3.05) is 19.6 Å². The minimum absolute atomic E-state index is 0.538. The Bertz CT molecular complexity index is 498. The summed E-state index contributed by atoms with van der Waals surface area (Å²) in [6.45, 7) is 0.513. The molecule has 0 bridgehead atoms. The van der Waals surface area contributed by atoms with Crippen molar-refractivity contribution in [3.05, 3.63) is 0 Å². The van der Waals surface area contributed by atoms with E-state index in [1.807, 2.05) is 0 Å². The average molecular weight is 301 g/mol. The van der Waals surface area contributed by atoms with E-state index in [4.69, 9.17) is 10.2 Å². The molecule has 1 rings (SSSR count). The molecule has 0 aromatic heterocycles. The SMILES string of the molecule is CC1(C)NC(=O)N(CC(=O)N(CC(=O)O)CC(=O)O)C1=O. The second-order valence-corrected chi connectivity index (χ2v) is 4.98. The Hall–Kier alpha value is -2.65. The summed E-state index contributed by atoms with van der Waals surface area (Å²) in [6, 6.07) is -0.788. The summed E-state index contributed by atoms with van der Waals surface area (Å²) in [5.74, 6) is -4.39. The van der Waals surface area contributed by atoms with Gasteiger partial charge in [0.25, 0.3) is 5.91 Å². The molecule has 10 heteroatoms. The molecule has 0 radical (unpaired) electrons. The standard InChI is InChI=1S/C11H15N3O7/c1-11(2)9(20)14(10(21)12-11)3-6(15)13(4-7(16)17)5-8(18)19/h3-5H2,1-2H3,(H,12,21)(H,16,17)(H,18,19). The van der Waals surface area contributed by atoms with Crippen LogP contribution >= 0.6 is 0 Å². The molecule has 0 spiro atoms. The van der Waals surface area contributed by atoms with Gasteiger partial charge in [0.05, 0.1) is 0 Å². The van der Waals surface area contributed by atoms with Crippen molar-refractivity contribution in [1.82, 2.24) is 15.1 Å². The minimum atomic E-state index is -1.40. The molecule has 1 aliphatic rings. The van der Waals surface area contributed by atoms with E-state index >= 15 is 0 Å². The maximum absolute atomic E-state index is 11.9. The van der Waals surface area contributed by atoms with Crippen molar-refractivity contribution in [2.45, 2.75) is 19.4 Å². The van der Waals surface area contributed by atoms with E-state index in [9.17, 15) is 24.0 Å². The zero-order valence-corrected chi connectivity index (χ0v) is 11.5. The number of rotatable bonds is 6. The van der Waals surface area contributed by atoms with Gasteiger partial charge in [0.2, 0.25) is 5.91 Å². The zero-order chi connectivity index (χ0) is 16.4. The molecule has 1 fully saturated rings. The molecule has 1 aliphatic heterocycles. The lowest BCUT2D eigenvalue weighted by Gasteiger charge is -2.21. The van der Waals surface area contributed by atoms with Crippen molar-refractivity contribution >= 4 is 29.8 Å². The number of nitrogens with zero attached hydrogens (tertiary/aromatic N) is 2. The highest BCUT2D eigenvalue weighted by molar-refractivity contribution is 6.08. The smallest absolute Gasteiger partial charge is 0.325 e. The van der Waals surface area contributed by atoms with Crippen molar-refractivity contribution in [1.29, 1.82) is 0 Å². The lowest BCUT2D eigenvalue weighted by molar-refractivity contribution is -0.150. The molecule has 4 amide bonds. The summed E-state index contributed by atoms with van der Waals surface area (Å²) in [5, 5.41) is 19.6. The highest BCUT2D eigenvalue weighted by Crippen LogP contribution is 2.16. The highest BCUT2D eigenvalue weighted by Gasteiger charge is 2.45. The maximum Gasteiger partial charge on any atom is 0.325 e. The first-order valence-corrected chi connectivity index (χ1v) is 5.90. The Morgan fingerprint density at radius 3 is 1.95 bits per heavy atom. The predicted octanol–water partition coefficient (Wildman–Crippen LogP) is -1.69. The van der Waals surface area contributed by atoms with Gasteiger partial charge >= 0.3 is 18.0 Å². The third kappa shape index (κ3) is 3.91. The fourth-order valence-corrected chi connectivity index (χ4v) is 1.76. The fourth-order valence-electron chi connectivity index (χ4n) is 1.76. The zero-order valence-electron chi connectivity index (χ0n) is 11.5. The van der Waals surface area contributed by atoms with Crippen LogP contribution in [-0.4, -0.2) is 75.0 Å². The third-order valence-electron chi connectivity index (χ3n) is 2.74. The highest BCUT2D eigenvalue weighted by atomic mass is 16.4. The van der Waals surface area contributed by atoms with Gasteiger partial charge in [0.1, 0.15) is 25.2 Å². The summed E-state index contributed by atoms with van der Waals surface area (Å²) in [6.07, 6.45) is 0. The fraction of sp³-hybridized carbons (Fsp3) is 0.545. The molecule has 0 atom stereocenters. The first kappa shape index (κ1) is 16.4. The van der Waals surface area contributed by atoms with Gasteiger partial charge in [-0.25, -0.2) is 4.79 Å². The van der Waals surface area contributed by atoms with Crippen LogP contribution in [0.15, 0.2) is 0 Å². The van der Waals surface area contributed by atoms with Gasteiger partial charge in [-0.05, 0) is 13.8 Å². The third-order valence-corrected chi connectivity index (χ3v) is 2.74. The summed E-state index contributed by atoms with van der Waals surface area (Å²) in [7, 11) is 0. The molecule has 1 heterocycles. The van der Waals surface area contributed by atoms with E-state index in [1.165, 1.54) is 13.8 Å². The number of carbonyl (C=O) groups excluding carboxylic acids is 3. The van der Waals surface area contributed by atoms with Crippen LogP contribution in [0.2, 0.25) is 0 Å². The second kappa shape index (κ2) is 5.77. The maximum atomic E-state index is 11.9. The Morgan fingerprint density at radius 2 is 1.62 bits per heavy atom. The van der Waals surface area contributed by atoms with Crippen molar-refractivity contribution in [3.8, 4) is 0 Å². The normalized spacial score (nSPS) is 16.6. The molecule has 0 unspecified atom stereocenters. The Balaban J connectivity index is 2.82.